The van der Waals surface area contributed by atoms with Crippen molar-refractivity contribution in [1.29, 1.82) is 0 Å². The molecule has 2 N–H and O–H groups in total. The van der Waals surface area contributed by atoms with E-state index in [9.17, 15) is 5.11 Å². The standard InChI is InChI=1S/C25H28ClNO4S/c1-29-22-12-18-9-10-27(14-20(28)16-31-15-17-5-7-19(26)8-6-17)25(24-4-3-11-32-24)21(18)13-23(22)30-2/h3-8,11-13,20,25,28H,9-10,14-16H2,1-2H3/p+1/t20-,25+/m1/s1. The number of hydrogen-bond donors (Lipinski definition) is 2. The molecular formula is C25H29ClNO4S+. The van der Waals surface area contributed by atoms with Crippen LogP contribution in [0.2, 0.25) is 5.02 Å². The molecule has 0 radical (unpaired) electrons. The number of aliphatic hydroxyl groups excluding tert-OH is 1. The maximum atomic E-state index is 10.8. The van der Waals surface area contributed by atoms with Gasteiger partial charge in [0.05, 0.1) is 38.9 Å². The molecule has 2 aromatic carbocycles. The summed E-state index contributed by atoms with van der Waals surface area (Å²) in [6.07, 6.45) is 0.368. The van der Waals surface area contributed by atoms with Crippen LogP contribution in [-0.2, 0) is 17.8 Å². The van der Waals surface area contributed by atoms with Gasteiger partial charge < -0.3 is 24.2 Å². The molecule has 1 unspecified atom stereocenters. The first-order chi connectivity index (χ1) is 15.6. The van der Waals surface area contributed by atoms with Gasteiger partial charge in [-0.2, -0.15) is 0 Å². The molecule has 3 aromatic rings. The Hall–Kier alpha value is -2.09. The van der Waals surface area contributed by atoms with E-state index in [4.69, 9.17) is 25.8 Å². The fraction of sp³-hybridized carbons (Fsp3) is 0.360. The number of thiophene rings is 1. The molecule has 170 valence electrons. The summed E-state index contributed by atoms with van der Waals surface area (Å²) in [6.45, 7) is 2.29. The molecule has 0 fully saturated rings. The van der Waals surface area contributed by atoms with Crippen molar-refractivity contribution in [3.8, 4) is 11.5 Å². The van der Waals surface area contributed by atoms with Crippen molar-refractivity contribution in [2.45, 2.75) is 25.2 Å². The summed E-state index contributed by atoms with van der Waals surface area (Å²) in [5.74, 6) is 1.50. The van der Waals surface area contributed by atoms with Crippen LogP contribution in [0.15, 0.2) is 53.9 Å². The van der Waals surface area contributed by atoms with Gasteiger partial charge in [0.15, 0.2) is 11.5 Å². The minimum absolute atomic E-state index is 0.143. The Morgan fingerprint density at radius 1 is 1.12 bits per heavy atom. The van der Waals surface area contributed by atoms with Crippen LogP contribution in [0.1, 0.15) is 27.6 Å². The third-order valence-electron chi connectivity index (χ3n) is 5.90. The Kier molecular flexibility index (Phi) is 7.71. The quantitative estimate of drug-likeness (QED) is 0.498. The van der Waals surface area contributed by atoms with E-state index >= 15 is 0 Å². The van der Waals surface area contributed by atoms with Gasteiger partial charge in [0, 0.05) is 17.0 Å². The van der Waals surface area contributed by atoms with Gasteiger partial charge in [0.25, 0.3) is 0 Å². The number of benzene rings is 2. The maximum Gasteiger partial charge on any atom is 0.161 e. The lowest BCUT2D eigenvalue weighted by molar-refractivity contribution is -0.930. The Bertz CT molecular complexity index is 1010. The first kappa shape index (κ1) is 23.1. The molecule has 7 heteroatoms. The summed E-state index contributed by atoms with van der Waals surface area (Å²) in [5.41, 5.74) is 3.55. The zero-order valence-corrected chi connectivity index (χ0v) is 19.9. The lowest BCUT2D eigenvalue weighted by atomic mass is 9.90. The Balaban J connectivity index is 1.47. The number of hydrogen-bond acceptors (Lipinski definition) is 5. The first-order valence-corrected chi connectivity index (χ1v) is 12.0. The van der Waals surface area contributed by atoms with Gasteiger partial charge in [-0.05, 0) is 46.8 Å². The molecule has 32 heavy (non-hydrogen) atoms. The molecule has 0 spiro atoms. The predicted octanol–water partition coefficient (Wildman–Crippen LogP) is 3.53. The molecule has 0 aliphatic carbocycles. The van der Waals surface area contributed by atoms with Crippen molar-refractivity contribution in [3.63, 3.8) is 0 Å². The predicted molar refractivity (Wildman–Crippen MR) is 127 cm³/mol. The number of fused-ring (bicyclic) bond motifs is 1. The van der Waals surface area contributed by atoms with Crippen LogP contribution in [0.3, 0.4) is 0 Å². The molecule has 0 saturated carbocycles. The molecule has 0 saturated heterocycles. The Labute approximate surface area is 198 Å². The first-order valence-electron chi connectivity index (χ1n) is 10.7. The van der Waals surface area contributed by atoms with Crippen molar-refractivity contribution in [2.75, 3.05) is 33.9 Å². The average Bonchev–Trinajstić information content (AvgIpc) is 3.33. The van der Waals surface area contributed by atoms with Gasteiger partial charge in [-0.15, -0.1) is 11.3 Å². The minimum Gasteiger partial charge on any atom is -0.493 e. The molecule has 1 aromatic heterocycles. The Morgan fingerprint density at radius 3 is 2.56 bits per heavy atom. The highest BCUT2D eigenvalue weighted by molar-refractivity contribution is 7.10. The highest BCUT2D eigenvalue weighted by atomic mass is 35.5. The van der Waals surface area contributed by atoms with Gasteiger partial charge >= 0.3 is 0 Å². The molecule has 4 rings (SSSR count). The third-order valence-corrected chi connectivity index (χ3v) is 7.09. The zero-order valence-electron chi connectivity index (χ0n) is 18.3. The maximum absolute atomic E-state index is 10.8. The summed E-state index contributed by atoms with van der Waals surface area (Å²) in [7, 11) is 3.33. The fourth-order valence-electron chi connectivity index (χ4n) is 4.37. The molecule has 1 aliphatic heterocycles. The number of methoxy groups -OCH3 is 2. The van der Waals surface area contributed by atoms with E-state index in [0.29, 0.717) is 24.8 Å². The number of aliphatic hydroxyl groups is 1. The second-order valence-electron chi connectivity index (χ2n) is 8.01. The average molecular weight is 475 g/mol. The second kappa shape index (κ2) is 10.7. The molecular weight excluding hydrogens is 446 g/mol. The number of halogens is 1. The van der Waals surface area contributed by atoms with Crippen LogP contribution < -0.4 is 14.4 Å². The van der Waals surface area contributed by atoms with Gasteiger partial charge in [-0.3, -0.25) is 0 Å². The number of ether oxygens (including phenoxy) is 3. The van der Waals surface area contributed by atoms with E-state index < -0.39 is 6.10 Å². The van der Waals surface area contributed by atoms with Crippen LogP contribution in [0.5, 0.6) is 11.5 Å². The van der Waals surface area contributed by atoms with Gasteiger partial charge in [-0.25, -0.2) is 0 Å². The third kappa shape index (κ3) is 5.27. The largest absolute Gasteiger partial charge is 0.493 e. The van der Waals surface area contributed by atoms with Gasteiger partial charge in [0.2, 0.25) is 0 Å². The van der Waals surface area contributed by atoms with Crippen molar-refractivity contribution >= 4 is 22.9 Å². The van der Waals surface area contributed by atoms with Gasteiger partial charge in [-0.1, -0.05) is 29.8 Å². The highest BCUT2D eigenvalue weighted by Gasteiger charge is 2.35. The topological polar surface area (TPSA) is 52.4 Å². The van der Waals surface area contributed by atoms with Crippen LogP contribution >= 0.6 is 22.9 Å². The Morgan fingerprint density at radius 2 is 1.88 bits per heavy atom. The summed E-state index contributed by atoms with van der Waals surface area (Å²) in [6, 6.07) is 16.2. The van der Waals surface area contributed by atoms with Crippen molar-refractivity contribution in [1.82, 2.24) is 0 Å². The molecule has 0 bridgehead atoms. The second-order valence-corrected chi connectivity index (χ2v) is 9.43. The van der Waals surface area contributed by atoms with Crippen LogP contribution in [0.4, 0.5) is 0 Å². The molecule has 1 aliphatic rings. The van der Waals surface area contributed by atoms with E-state index in [1.807, 2.05) is 24.3 Å². The van der Waals surface area contributed by atoms with E-state index in [1.165, 1.54) is 20.9 Å². The van der Waals surface area contributed by atoms with E-state index in [1.54, 1.807) is 25.6 Å². The molecule has 2 heterocycles. The normalized spacial score (nSPS) is 18.8. The number of nitrogens with one attached hydrogen (secondary N) is 1. The van der Waals surface area contributed by atoms with E-state index in [-0.39, 0.29) is 6.04 Å². The summed E-state index contributed by atoms with van der Waals surface area (Å²) >= 11 is 7.68. The van der Waals surface area contributed by atoms with Crippen LogP contribution in [-0.4, -0.2) is 45.1 Å². The monoisotopic (exact) mass is 474 g/mol. The molecule has 5 nitrogen and oxygen atoms in total. The SMILES string of the molecule is COc1cc2c(cc1OC)[C@@H](c1cccs1)[NH+](C[C@@H](O)COCc1ccc(Cl)cc1)CC2. The lowest BCUT2D eigenvalue weighted by Gasteiger charge is -2.35. The fourth-order valence-corrected chi connectivity index (χ4v) is 5.39. The summed E-state index contributed by atoms with van der Waals surface area (Å²) < 4.78 is 16.9. The summed E-state index contributed by atoms with van der Waals surface area (Å²) in [5, 5.41) is 13.6. The number of quaternary nitrogens is 1. The van der Waals surface area contributed by atoms with Crippen molar-refractivity contribution in [3.05, 3.63) is 80.5 Å². The molecule has 0 amide bonds. The lowest BCUT2D eigenvalue weighted by Crippen LogP contribution is -3.14. The van der Waals surface area contributed by atoms with Gasteiger partial charge in [0.1, 0.15) is 18.7 Å². The highest BCUT2D eigenvalue weighted by Crippen LogP contribution is 2.37. The zero-order chi connectivity index (χ0) is 22.5. The van der Waals surface area contributed by atoms with Crippen LogP contribution in [0, 0.1) is 0 Å². The minimum atomic E-state index is -0.554. The molecule has 3 atom stereocenters. The van der Waals surface area contributed by atoms with E-state index in [2.05, 4.69) is 29.6 Å². The van der Waals surface area contributed by atoms with Crippen LogP contribution in [0.25, 0.3) is 0 Å². The van der Waals surface area contributed by atoms with E-state index in [0.717, 1.165) is 30.0 Å². The summed E-state index contributed by atoms with van der Waals surface area (Å²) in [4.78, 5) is 2.61. The smallest absolute Gasteiger partial charge is 0.161 e. The van der Waals surface area contributed by atoms with Crippen molar-refractivity contribution in [2.24, 2.45) is 0 Å². The number of rotatable bonds is 9. The van der Waals surface area contributed by atoms with Crippen molar-refractivity contribution < 1.29 is 24.2 Å².